The highest BCUT2D eigenvalue weighted by Crippen LogP contribution is 2.29. The van der Waals surface area contributed by atoms with Crippen LogP contribution in [0.2, 0.25) is 0 Å². The highest BCUT2D eigenvalue weighted by atomic mass is 32.2. The molecule has 0 amide bonds. The van der Waals surface area contributed by atoms with Crippen molar-refractivity contribution in [2.45, 2.75) is 77.1 Å². The van der Waals surface area contributed by atoms with E-state index in [0.717, 1.165) is 22.3 Å². The third-order valence-electron chi connectivity index (χ3n) is 4.86. The zero-order valence-electron chi connectivity index (χ0n) is 19.4. The molecule has 8 heteroatoms. The Bertz CT molecular complexity index is 1110. The van der Waals surface area contributed by atoms with Crippen molar-refractivity contribution in [2.75, 3.05) is 0 Å². The highest BCUT2D eigenvalue weighted by molar-refractivity contribution is 7.89. The van der Waals surface area contributed by atoms with Gasteiger partial charge in [-0.1, -0.05) is 57.2 Å². The molecule has 2 aromatic rings. The van der Waals surface area contributed by atoms with Crippen LogP contribution in [-0.2, 0) is 37.8 Å². The van der Waals surface area contributed by atoms with Gasteiger partial charge in [0.05, 0.1) is 10.6 Å². The third-order valence-corrected chi connectivity index (χ3v) is 8.11. The molecule has 0 aliphatic heterocycles. The van der Waals surface area contributed by atoms with Crippen LogP contribution in [0.25, 0.3) is 0 Å². The Balaban J connectivity index is 2.14. The monoisotopic (exact) mass is 466 g/mol. The zero-order chi connectivity index (χ0) is 23.6. The van der Waals surface area contributed by atoms with Gasteiger partial charge in [-0.25, -0.2) is 26.3 Å². The summed E-state index contributed by atoms with van der Waals surface area (Å²) in [5.74, 6) is -0.115. The molecule has 0 radical (unpaired) electrons. The highest BCUT2D eigenvalue weighted by Gasteiger charge is 2.23. The summed E-state index contributed by atoms with van der Waals surface area (Å²) in [5, 5.41) is 0. The smallest absolute Gasteiger partial charge is 0.212 e. The Morgan fingerprint density at radius 1 is 0.871 bits per heavy atom. The van der Waals surface area contributed by atoms with Crippen molar-refractivity contribution < 1.29 is 16.8 Å². The molecule has 0 saturated heterocycles. The van der Waals surface area contributed by atoms with Crippen LogP contribution in [0.15, 0.2) is 41.3 Å². The number of hydrogen-bond acceptors (Lipinski definition) is 4. The first-order chi connectivity index (χ1) is 14.1. The Labute approximate surface area is 187 Å². The summed E-state index contributed by atoms with van der Waals surface area (Å²) < 4.78 is 55.3. The molecular formula is C23H34N2O4S2. The van der Waals surface area contributed by atoms with E-state index in [2.05, 4.69) is 30.2 Å². The molecule has 0 saturated carbocycles. The SMILES string of the molecule is Cc1cc(C(C)(C)C)cc(C)c1S(=O)(=O)NCc1ccc(CS(=O)(=O)NC(C)C)cc1. The predicted molar refractivity (Wildman–Crippen MR) is 126 cm³/mol. The van der Waals surface area contributed by atoms with Crippen LogP contribution in [0.3, 0.4) is 0 Å². The normalized spacial score (nSPS) is 13.0. The molecule has 0 bridgehead atoms. The molecule has 2 rings (SSSR count). The fourth-order valence-corrected chi connectivity index (χ4v) is 6.33. The maximum Gasteiger partial charge on any atom is 0.241 e. The van der Waals surface area contributed by atoms with Crippen molar-refractivity contribution in [1.82, 2.24) is 9.44 Å². The van der Waals surface area contributed by atoms with E-state index in [0.29, 0.717) is 10.5 Å². The van der Waals surface area contributed by atoms with E-state index in [4.69, 9.17) is 0 Å². The number of sulfonamides is 2. The minimum atomic E-state index is -3.69. The lowest BCUT2D eigenvalue weighted by molar-refractivity contribution is 0.569. The summed E-state index contributed by atoms with van der Waals surface area (Å²) >= 11 is 0. The summed E-state index contributed by atoms with van der Waals surface area (Å²) in [6.07, 6.45) is 0. The van der Waals surface area contributed by atoms with Gasteiger partial charge in [-0.05, 0) is 60.9 Å². The van der Waals surface area contributed by atoms with Crippen LogP contribution in [0.5, 0.6) is 0 Å². The van der Waals surface area contributed by atoms with Crippen molar-refractivity contribution in [3.63, 3.8) is 0 Å². The minimum absolute atomic E-state index is 0.0643. The molecule has 2 aromatic carbocycles. The molecule has 31 heavy (non-hydrogen) atoms. The van der Waals surface area contributed by atoms with E-state index in [-0.39, 0.29) is 23.8 Å². The van der Waals surface area contributed by atoms with Crippen LogP contribution in [-0.4, -0.2) is 22.9 Å². The molecule has 0 aliphatic rings. The molecular weight excluding hydrogens is 432 g/mol. The Morgan fingerprint density at radius 3 is 1.81 bits per heavy atom. The first-order valence-corrected chi connectivity index (χ1v) is 13.4. The zero-order valence-corrected chi connectivity index (χ0v) is 21.0. The summed E-state index contributed by atoms with van der Waals surface area (Å²) in [6, 6.07) is 10.6. The molecule has 172 valence electrons. The summed E-state index contributed by atoms with van der Waals surface area (Å²) in [5.41, 5.74) is 3.86. The van der Waals surface area contributed by atoms with Crippen molar-refractivity contribution in [2.24, 2.45) is 0 Å². The predicted octanol–water partition coefficient (Wildman–Crippen LogP) is 3.91. The average Bonchev–Trinajstić information content (AvgIpc) is 2.58. The molecule has 0 atom stereocenters. The average molecular weight is 467 g/mol. The van der Waals surface area contributed by atoms with Crippen LogP contribution < -0.4 is 9.44 Å². The van der Waals surface area contributed by atoms with Crippen molar-refractivity contribution in [3.8, 4) is 0 Å². The lowest BCUT2D eigenvalue weighted by Crippen LogP contribution is -2.31. The second kappa shape index (κ2) is 9.40. The van der Waals surface area contributed by atoms with E-state index >= 15 is 0 Å². The fourth-order valence-electron chi connectivity index (χ4n) is 3.43. The first-order valence-electron chi connectivity index (χ1n) is 10.3. The quantitative estimate of drug-likeness (QED) is 0.617. The molecule has 2 N–H and O–H groups in total. The van der Waals surface area contributed by atoms with Gasteiger partial charge < -0.3 is 0 Å². The number of benzene rings is 2. The lowest BCUT2D eigenvalue weighted by atomic mass is 9.85. The van der Waals surface area contributed by atoms with Crippen LogP contribution in [0.4, 0.5) is 0 Å². The molecule has 0 unspecified atom stereocenters. The molecule has 0 aliphatic carbocycles. The second-order valence-corrected chi connectivity index (χ2v) is 12.8. The largest absolute Gasteiger partial charge is 0.241 e. The van der Waals surface area contributed by atoms with Crippen LogP contribution in [0, 0.1) is 13.8 Å². The van der Waals surface area contributed by atoms with Gasteiger partial charge in [-0.15, -0.1) is 0 Å². The summed E-state index contributed by atoms with van der Waals surface area (Å²) in [4.78, 5) is 0.308. The maximum atomic E-state index is 13.0. The van der Waals surface area contributed by atoms with Crippen molar-refractivity contribution >= 4 is 20.0 Å². The molecule has 0 aromatic heterocycles. The first kappa shape index (κ1) is 25.5. The Hall–Kier alpha value is -1.74. The molecule has 0 spiro atoms. The lowest BCUT2D eigenvalue weighted by Gasteiger charge is -2.22. The molecule has 0 fully saturated rings. The van der Waals surface area contributed by atoms with E-state index in [1.54, 1.807) is 38.1 Å². The van der Waals surface area contributed by atoms with Gasteiger partial charge in [0.2, 0.25) is 20.0 Å². The number of rotatable bonds is 8. The van der Waals surface area contributed by atoms with Crippen molar-refractivity contribution in [1.29, 1.82) is 0 Å². The van der Waals surface area contributed by atoms with Gasteiger partial charge in [0.25, 0.3) is 0 Å². The molecule has 0 heterocycles. The summed E-state index contributed by atoms with van der Waals surface area (Å²) in [7, 11) is -7.09. The second-order valence-electron chi connectivity index (χ2n) is 9.36. The standard InChI is InChI=1S/C23H34N2O4S2/c1-16(2)25-30(26,27)15-20-10-8-19(9-11-20)14-24-31(28,29)22-17(3)12-21(13-18(22)4)23(5,6)7/h8-13,16,24-25H,14-15H2,1-7H3. The van der Waals surface area contributed by atoms with E-state index in [9.17, 15) is 16.8 Å². The molecule has 6 nitrogen and oxygen atoms in total. The topological polar surface area (TPSA) is 92.3 Å². The van der Waals surface area contributed by atoms with Gasteiger partial charge in [0.1, 0.15) is 0 Å². The van der Waals surface area contributed by atoms with E-state index in [1.807, 2.05) is 26.0 Å². The Kier molecular flexibility index (Phi) is 7.74. The number of hydrogen-bond donors (Lipinski definition) is 2. The van der Waals surface area contributed by atoms with Gasteiger partial charge >= 0.3 is 0 Å². The van der Waals surface area contributed by atoms with Gasteiger partial charge in [0.15, 0.2) is 0 Å². The Morgan fingerprint density at radius 2 is 1.35 bits per heavy atom. The van der Waals surface area contributed by atoms with Gasteiger partial charge in [0, 0.05) is 12.6 Å². The van der Waals surface area contributed by atoms with Gasteiger partial charge in [-0.3, -0.25) is 0 Å². The van der Waals surface area contributed by atoms with Crippen LogP contribution in [0.1, 0.15) is 62.4 Å². The summed E-state index contributed by atoms with van der Waals surface area (Å²) in [6.45, 7) is 13.6. The van der Waals surface area contributed by atoms with Crippen molar-refractivity contribution in [3.05, 3.63) is 64.2 Å². The minimum Gasteiger partial charge on any atom is -0.212 e. The maximum absolute atomic E-state index is 13.0. The fraction of sp³-hybridized carbons (Fsp3) is 0.478. The van der Waals surface area contributed by atoms with E-state index in [1.165, 1.54) is 0 Å². The van der Waals surface area contributed by atoms with Crippen LogP contribution >= 0.6 is 0 Å². The third kappa shape index (κ3) is 7.14. The van der Waals surface area contributed by atoms with E-state index < -0.39 is 20.0 Å². The number of nitrogens with one attached hydrogen (secondary N) is 2. The van der Waals surface area contributed by atoms with Gasteiger partial charge in [-0.2, -0.15) is 0 Å². The number of aryl methyl sites for hydroxylation is 2.